The average Bonchev–Trinajstić information content (AvgIpc) is 2.85. The van der Waals surface area contributed by atoms with E-state index in [4.69, 9.17) is 14.9 Å². The lowest BCUT2D eigenvalue weighted by atomic mass is 9.73. The van der Waals surface area contributed by atoms with Crippen molar-refractivity contribution in [2.75, 3.05) is 0 Å². The third-order valence-corrected chi connectivity index (χ3v) is 6.71. The van der Waals surface area contributed by atoms with Gasteiger partial charge in [-0.15, -0.1) is 0 Å². The minimum Gasteiger partial charge on any atom is -0.449 e. The summed E-state index contributed by atoms with van der Waals surface area (Å²) in [6, 6.07) is 16.9. The molecule has 0 spiro atoms. The second-order valence-corrected chi connectivity index (χ2v) is 9.67. The first kappa shape index (κ1) is 27.5. The molecule has 39 heavy (non-hydrogen) atoms. The fourth-order valence-corrected chi connectivity index (χ4v) is 5.25. The summed E-state index contributed by atoms with van der Waals surface area (Å²) in [5, 5.41) is 30.4. The van der Waals surface area contributed by atoms with E-state index in [0.717, 1.165) is 46.1 Å². The molecule has 0 saturated heterocycles. The van der Waals surface area contributed by atoms with Crippen molar-refractivity contribution in [3.05, 3.63) is 87.4 Å². The molecule has 12 heteroatoms. The van der Waals surface area contributed by atoms with Gasteiger partial charge in [0.1, 0.15) is 0 Å². The van der Waals surface area contributed by atoms with Gasteiger partial charge in [-0.3, -0.25) is 4.79 Å². The normalized spacial score (nSPS) is 15.9. The maximum absolute atomic E-state index is 13.8. The number of fused-ring (bicyclic) bond motifs is 1. The fourth-order valence-electron chi connectivity index (χ4n) is 4.80. The molecule has 1 aliphatic rings. The van der Waals surface area contributed by atoms with Gasteiger partial charge in [-0.2, -0.15) is 0 Å². The molecule has 1 amide bonds. The Hall–Kier alpha value is -4.58. The molecule has 0 saturated carbocycles. The number of aryl methyl sites for hydroxylation is 1. The van der Waals surface area contributed by atoms with E-state index in [1.165, 1.54) is 0 Å². The van der Waals surface area contributed by atoms with Gasteiger partial charge in [0, 0.05) is 16.6 Å². The number of nitrogens with one attached hydrogen (secondary N) is 1. The van der Waals surface area contributed by atoms with Crippen LogP contribution in [-0.4, -0.2) is 39.7 Å². The minimum atomic E-state index is -1.82. The van der Waals surface area contributed by atoms with Crippen LogP contribution in [0.2, 0.25) is 0 Å². The molecule has 0 aromatic heterocycles. The number of benzene rings is 3. The van der Waals surface area contributed by atoms with Crippen molar-refractivity contribution in [2.24, 2.45) is 0 Å². The van der Waals surface area contributed by atoms with Crippen molar-refractivity contribution in [1.82, 2.24) is 5.32 Å². The Labute approximate surface area is 230 Å². The Kier molecular flexibility index (Phi) is 8.05. The predicted molar refractivity (Wildman–Crippen MR) is 139 cm³/mol. The molecule has 1 atom stereocenters. The number of carboxylic acid groups (broad SMARTS) is 3. The lowest BCUT2D eigenvalue weighted by molar-refractivity contribution is 0.0878. The molecule has 0 heterocycles. The summed E-state index contributed by atoms with van der Waals surface area (Å²) in [4.78, 5) is 47.5. The summed E-state index contributed by atoms with van der Waals surface area (Å²) in [6.45, 7) is 0. The molecule has 1 aliphatic carbocycles. The average molecular weight is 600 g/mol. The van der Waals surface area contributed by atoms with Gasteiger partial charge in [0.25, 0.3) is 5.91 Å². The zero-order valence-corrected chi connectivity index (χ0v) is 21.8. The lowest BCUT2D eigenvalue weighted by Crippen LogP contribution is -2.49. The first-order chi connectivity index (χ1) is 18.6. The maximum Gasteiger partial charge on any atom is 0.511 e. The van der Waals surface area contributed by atoms with Crippen molar-refractivity contribution in [3.8, 4) is 17.2 Å². The van der Waals surface area contributed by atoms with E-state index in [-0.39, 0.29) is 0 Å². The molecular weight excluding hydrogens is 578 g/mol. The van der Waals surface area contributed by atoms with Gasteiger partial charge < -0.3 is 34.8 Å². The quantitative estimate of drug-likeness (QED) is 0.191. The summed E-state index contributed by atoms with van der Waals surface area (Å²) in [5.74, 6) is -2.69. The van der Waals surface area contributed by atoms with Gasteiger partial charge in [0.2, 0.25) is 0 Å². The standard InChI is InChI=1S/C27H22BrNO10/c28-17-8-3-5-15(11-17)14-27(10-4-7-16-6-1-2-9-19(16)27)29-23(30)18-12-21(38-25(33)34)22(39-26(35)36)13-20(18)37-24(31)32/h1-3,5-6,8-9,11-13H,4,7,10,14H2,(H,29,30)(H,31,32)(H,33,34)(H,35,36)/t27-/m0/s1. The van der Waals surface area contributed by atoms with E-state index in [1.807, 2.05) is 48.5 Å². The Morgan fingerprint density at radius 1 is 0.821 bits per heavy atom. The highest BCUT2D eigenvalue weighted by Crippen LogP contribution is 2.40. The second kappa shape index (κ2) is 11.4. The van der Waals surface area contributed by atoms with E-state index in [1.54, 1.807) is 0 Å². The predicted octanol–water partition coefficient (Wildman–Crippen LogP) is 5.82. The third kappa shape index (κ3) is 6.47. The largest absolute Gasteiger partial charge is 0.511 e. The van der Waals surface area contributed by atoms with Crippen molar-refractivity contribution >= 4 is 40.3 Å². The summed E-state index contributed by atoms with van der Waals surface area (Å²) >= 11 is 3.47. The molecule has 0 fully saturated rings. The molecule has 0 aliphatic heterocycles. The summed E-state index contributed by atoms with van der Waals surface area (Å²) in [6.07, 6.45) is -2.92. The van der Waals surface area contributed by atoms with Gasteiger partial charge in [-0.25, -0.2) is 14.4 Å². The van der Waals surface area contributed by atoms with Gasteiger partial charge in [0.15, 0.2) is 17.2 Å². The molecule has 0 bridgehead atoms. The third-order valence-electron chi connectivity index (χ3n) is 6.21. The van der Waals surface area contributed by atoms with Crippen molar-refractivity contribution in [1.29, 1.82) is 0 Å². The highest BCUT2D eigenvalue weighted by atomic mass is 79.9. The number of rotatable bonds is 7. The van der Waals surface area contributed by atoms with Crippen molar-refractivity contribution < 1.29 is 48.7 Å². The highest BCUT2D eigenvalue weighted by Gasteiger charge is 2.39. The number of carbonyl (C=O) groups is 4. The summed E-state index contributed by atoms with van der Waals surface area (Å²) < 4.78 is 14.7. The summed E-state index contributed by atoms with van der Waals surface area (Å²) in [7, 11) is 0. The Morgan fingerprint density at radius 3 is 2.13 bits per heavy atom. The van der Waals surface area contributed by atoms with Crippen LogP contribution in [0.25, 0.3) is 0 Å². The molecule has 3 aromatic carbocycles. The fraction of sp³-hybridized carbons (Fsp3) is 0.185. The Bertz CT molecular complexity index is 1460. The van der Waals surface area contributed by atoms with Crippen LogP contribution in [0.15, 0.2) is 65.1 Å². The smallest absolute Gasteiger partial charge is 0.449 e. The topological polar surface area (TPSA) is 169 Å². The van der Waals surface area contributed by atoms with Crippen molar-refractivity contribution in [2.45, 2.75) is 31.2 Å². The first-order valence-electron chi connectivity index (χ1n) is 11.6. The van der Waals surface area contributed by atoms with Crippen LogP contribution in [0.5, 0.6) is 17.2 Å². The van der Waals surface area contributed by atoms with E-state index in [9.17, 15) is 24.3 Å². The van der Waals surface area contributed by atoms with E-state index < -0.39 is 52.7 Å². The number of ether oxygens (including phenoxy) is 3. The number of halogens is 1. The van der Waals surface area contributed by atoms with Crippen LogP contribution < -0.4 is 19.5 Å². The van der Waals surface area contributed by atoms with Crippen LogP contribution in [0.3, 0.4) is 0 Å². The number of amides is 1. The van der Waals surface area contributed by atoms with Gasteiger partial charge in [-0.1, -0.05) is 52.3 Å². The number of hydrogen-bond donors (Lipinski definition) is 4. The molecule has 4 rings (SSSR count). The van der Waals surface area contributed by atoms with E-state index >= 15 is 0 Å². The van der Waals surface area contributed by atoms with Crippen LogP contribution in [0, 0.1) is 0 Å². The highest BCUT2D eigenvalue weighted by molar-refractivity contribution is 9.10. The molecule has 0 radical (unpaired) electrons. The Morgan fingerprint density at radius 2 is 1.46 bits per heavy atom. The van der Waals surface area contributed by atoms with Gasteiger partial charge in [0.05, 0.1) is 11.1 Å². The zero-order chi connectivity index (χ0) is 28.2. The molecule has 4 N–H and O–H groups in total. The van der Waals surface area contributed by atoms with E-state index in [0.29, 0.717) is 12.8 Å². The number of carbonyl (C=O) groups excluding carboxylic acids is 1. The van der Waals surface area contributed by atoms with Crippen LogP contribution in [0.4, 0.5) is 14.4 Å². The molecular formula is C27H22BrNO10. The summed E-state index contributed by atoms with van der Waals surface area (Å²) in [5.41, 5.74) is 1.53. The SMILES string of the molecule is O=C(O)Oc1cc(OC(=O)O)c(C(=O)N[C@]2(Cc3cccc(Br)c3)CCCc3ccccc32)cc1OC(=O)O. The molecule has 3 aromatic rings. The van der Waals surface area contributed by atoms with Gasteiger partial charge in [-0.05, 0) is 54.5 Å². The number of hydrogen-bond acceptors (Lipinski definition) is 7. The molecule has 11 nitrogen and oxygen atoms in total. The van der Waals surface area contributed by atoms with E-state index in [2.05, 4.69) is 30.7 Å². The second-order valence-electron chi connectivity index (χ2n) is 8.75. The Balaban J connectivity index is 1.82. The zero-order valence-electron chi connectivity index (χ0n) is 20.2. The monoisotopic (exact) mass is 599 g/mol. The maximum atomic E-state index is 13.8. The van der Waals surface area contributed by atoms with Gasteiger partial charge >= 0.3 is 18.5 Å². The molecule has 0 unspecified atom stereocenters. The molecule has 202 valence electrons. The van der Waals surface area contributed by atoms with Crippen LogP contribution in [-0.2, 0) is 18.4 Å². The lowest BCUT2D eigenvalue weighted by Gasteiger charge is -2.40. The first-order valence-corrected chi connectivity index (χ1v) is 12.4. The van der Waals surface area contributed by atoms with Crippen LogP contribution >= 0.6 is 15.9 Å². The van der Waals surface area contributed by atoms with Crippen LogP contribution in [0.1, 0.15) is 39.9 Å². The van der Waals surface area contributed by atoms with Crippen molar-refractivity contribution in [3.63, 3.8) is 0 Å². The minimum absolute atomic E-state index is 0.392.